The molecule has 0 rings (SSSR count). The number of hydrogen-bond acceptors (Lipinski definition) is 2. The van der Waals surface area contributed by atoms with Gasteiger partial charge < -0.3 is 0 Å². The summed E-state index contributed by atoms with van der Waals surface area (Å²) >= 11 is 5.25. The predicted molar refractivity (Wildman–Crippen MR) is 31.8 cm³/mol. The quantitative estimate of drug-likeness (QED) is 0.327. The first kappa shape index (κ1) is 7.69. The van der Waals surface area contributed by atoms with Crippen molar-refractivity contribution in [2.45, 2.75) is 19.4 Å². The summed E-state index contributed by atoms with van der Waals surface area (Å²) in [5.74, 6) is 0.0556. The molecule has 0 saturated carbocycles. The van der Waals surface area contributed by atoms with Crippen LogP contribution in [0.3, 0.4) is 0 Å². The average molecular weight is 138 g/mol. The number of alkyl halides is 1. The molecule has 0 unspecified atom stereocenters. The Morgan fingerprint density at radius 1 is 1.75 bits per heavy atom. The van der Waals surface area contributed by atoms with Crippen LogP contribution in [0.25, 0.3) is 0 Å². The van der Waals surface area contributed by atoms with Gasteiger partial charge in [0.05, 0.1) is 5.88 Å². The Morgan fingerprint density at radius 2 is 2.12 bits per heavy atom. The highest BCUT2D eigenvalue weighted by Crippen LogP contribution is 2.08. The molecule has 0 radical (unpaired) electrons. The van der Waals surface area contributed by atoms with Crippen LogP contribution < -0.4 is 0 Å². The minimum atomic E-state index is -0.971. The van der Waals surface area contributed by atoms with Crippen molar-refractivity contribution >= 4 is 11.6 Å². The zero-order valence-electron chi connectivity index (χ0n) is 4.85. The Morgan fingerprint density at radius 3 is 2.12 bits per heavy atom. The lowest BCUT2D eigenvalue weighted by atomic mass is 10.1. The smallest absolute Gasteiger partial charge is 0.230 e. The molecule has 8 heavy (non-hydrogen) atoms. The molecule has 0 atom stereocenters. The number of nitrogens with zero attached hydrogens (tertiary/aromatic N) is 1. The lowest BCUT2D eigenvalue weighted by Gasteiger charge is -2.09. The fraction of sp³-hybridized carbons (Fsp3) is 1.00. The molecule has 0 N–H and O–H groups in total. The van der Waals surface area contributed by atoms with Gasteiger partial charge in [0.2, 0.25) is 5.54 Å². The Hall–Kier alpha value is -0.310. The van der Waals surface area contributed by atoms with Gasteiger partial charge in [0.15, 0.2) is 0 Å². The third kappa shape index (κ3) is 1.66. The fourth-order valence-electron chi connectivity index (χ4n) is 0.0488. The number of rotatable bonds is 2. The molecule has 0 saturated heterocycles. The van der Waals surface area contributed by atoms with Crippen LogP contribution in [-0.2, 0) is 0 Å². The van der Waals surface area contributed by atoms with E-state index in [9.17, 15) is 10.1 Å². The van der Waals surface area contributed by atoms with E-state index < -0.39 is 5.54 Å². The average Bonchev–Trinajstić information content (AvgIpc) is 1.67. The van der Waals surface area contributed by atoms with Crippen LogP contribution in [-0.4, -0.2) is 16.3 Å². The van der Waals surface area contributed by atoms with E-state index in [-0.39, 0.29) is 10.8 Å². The Bertz CT molecular complexity index is 102. The van der Waals surface area contributed by atoms with Gasteiger partial charge in [-0.05, 0) is 0 Å². The van der Waals surface area contributed by atoms with Crippen LogP contribution in [0.5, 0.6) is 0 Å². The first-order valence-electron chi connectivity index (χ1n) is 2.21. The molecule has 0 aliphatic carbocycles. The molecule has 0 aromatic heterocycles. The Balaban J connectivity index is 3.91. The summed E-state index contributed by atoms with van der Waals surface area (Å²) in [7, 11) is 0. The summed E-state index contributed by atoms with van der Waals surface area (Å²) in [6.45, 7) is 2.97. The predicted octanol–water partition coefficient (Wildman–Crippen LogP) is 1.28. The standard InChI is InChI=1S/C4H8ClNO2/c1-4(2,3-5)6(7)8/h3H2,1-2H3. The van der Waals surface area contributed by atoms with Crippen LogP contribution in [0.15, 0.2) is 0 Å². The summed E-state index contributed by atoms with van der Waals surface area (Å²) in [6, 6.07) is 0. The molecular weight excluding hydrogens is 130 g/mol. The largest absolute Gasteiger partial charge is 0.264 e. The van der Waals surface area contributed by atoms with Gasteiger partial charge in [-0.25, -0.2) is 0 Å². The molecule has 0 aromatic rings. The van der Waals surface area contributed by atoms with Crippen molar-refractivity contribution in [3.8, 4) is 0 Å². The van der Waals surface area contributed by atoms with E-state index >= 15 is 0 Å². The zero-order chi connectivity index (χ0) is 6.78. The molecule has 48 valence electrons. The summed E-state index contributed by atoms with van der Waals surface area (Å²) < 4.78 is 0. The van der Waals surface area contributed by atoms with E-state index in [1.807, 2.05) is 0 Å². The van der Waals surface area contributed by atoms with Gasteiger partial charge in [-0.3, -0.25) is 10.1 Å². The summed E-state index contributed by atoms with van der Waals surface area (Å²) in [5, 5.41) is 9.97. The maximum atomic E-state index is 9.97. The van der Waals surface area contributed by atoms with E-state index in [1.54, 1.807) is 0 Å². The number of halogens is 1. The SMILES string of the molecule is CC(C)(CCl)[N+](=O)[O-]. The van der Waals surface area contributed by atoms with Crippen molar-refractivity contribution in [1.29, 1.82) is 0 Å². The molecule has 0 amide bonds. The molecule has 3 nitrogen and oxygen atoms in total. The van der Waals surface area contributed by atoms with Crippen LogP contribution in [0, 0.1) is 10.1 Å². The van der Waals surface area contributed by atoms with Gasteiger partial charge in [-0.1, -0.05) is 0 Å². The third-order valence-electron chi connectivity index (χ3n) is 0.821. The van der Waals surface area contributed by atoms with Gasteiger partial charge in [0.1, 0.15) is 0 Å². The summed E-state index contributed by atoms with van der Waals surface area (Å²) in [5.41, 5.74) is -0.971. The molecule has 0 fully saturated rings. The van der Waals surface area contributed by atoms with Gasteiger partial charge in [0.25, 0.3) is 0 Å². The third-order valence-corrected chi connectivity index (χ3v) is 1.48. The van der Waals surface area contributed by atoms with Gasteiger partial charge in [-0.15, -0.1) is 11.6 Å². The minimum absolute atomic E-state index is 0.0556. The van der Waals surface area contributed by atoms with Crippen molar-refractivity contribution in [3.05, 3.63) is 10.1 Å². The molecule has 0 aromatic carbocycles. The zero-order valence-corrected chi connectivity index (χ0v) is 5.60. The molecule has 0 aliphatic heterocycles. The summed E-state index contributed by atoms with van der Waals surface area (Å²) in [6.07, 6.45) is 0. The fourth-order valence-corrected chi connectivity index (χ4v) is 0.146. The maximum Gasteiger partial charge on any atom is 0.230 e. The van der Waals surface area contributed by atoms with Gasteiger partial charge in [-0.2, -0.15) is 0 Å². The van der Waals surface area contributed by atoms with E-state index in [0.29, 0.717) is 0 Å². The topological polar surface area (TPSA) is 43.1 Å². The van der Waals surface area contributed by atoms with E-state index in [4.69, 9.17) is 11.6 Å². The molecule has 0 aliphatic rings. The van der Waals surface area contributed by atoms with Crippen molar-refractivity contribution in [2.75, 3.05) is 5.88 Å². The highest BCUT2D eigenvalue weighted by atomic mass is 35.5. The normalized spacial score (nSPS) is 11.4. The summed E-state index contributed by atoms with van der Waals surface area (Å²) in [4.78, 5) is 9.58. The molecule has 0 spiro atoms. The van der Waals surface area contributed by atoms with E-state index in [2.05, 4.69) is 0 Å². The molecule has 4 heteroatoms. The maximum absolute atomic E-state index is 9.97. The monoisotopic (exact) mass is 137 g/mol. The second-order valence-corrected chi connectivity index (χ2v) is 2.47. The van der Waals surface area contributed by atoms with Crippen LogP contribution >= 0.6 is 11.6 Å². The number of hydrogen-bond donors (Lipinski definition) is 0. The van der Waals surface area contributed by atoms with Crippen LogP contribution in [0.4, 0.5) is 0 Å². The van der Waals surface area contributed by atoms with Crippen molar-refractivity contribution in [2.24, 2.45) is 0 Å². The van der Waals surface area contributed by atoms with E-state index in [1.165, 1.54) is 13.8 Å². The van der Waals surface area contributed by atoms with Gasteiger partial charge >= 0.3 is 0 Å². The van der Waals surface area contributed by atoms with Crippen LogP contribution in [0.2, 0.25) is 0 Å². The first-order chi connectivity index (χ1) is 3.50. The second kappa shape index (κ2) is 2.31. The van der Waals surface area contributed by atoms with E-state index in [0.717, 1.165) is 0 Å². The highest BCUT2D eigenvalue weighted by molar-refractivity contribution is 6.18. The lowest BCUT2D eigenvalue weighted by molar-refractivity contribution is -0.554. The Kier molecular flexibility index (Phi) is 2.22. The molecular formula is C4H8ClNO2. The lowest BCUT2D eigenvalue weighted by Crippen LogP contribution is -2.32. The number of nitro groups is 1. The Labute approximate surface area is 52.8 Å². The minimum Gasteiger partial charge on any atom is -0.264 e. The van der Waals surface area contributed by atoms with Crippen molar-refractivity contribution in [3.63, 3.8) is 0 Å². The molecule has 0 bridgehead atoms. The molecule has 0 heterocycles. The highest BCUT2D eigenvalue weighted by Gasteiger charge is 2.28. The van der Waals surface area contributed by atoms with Gasteiger partial charge in [0, 0.05) is 18.8 Å². The van der Waals surface area contributed by atoms with Crippen molar-refractivity contribution < 1.29 is 4.92 Å². The van der Waals surface area contributed by atoms with Crippen LogP contribution in [0.1, 0.15) is 13.8 Å². The first-order valence-corrected chi connectivity index (χ1v) is 2.74. The second-order valence-electron chi connectivity index (χ2n) is 2.20. The van der Waals surface area contributed by atoms with Crippen molar-refractivity contribution in [1.82, 2.24) is 0 Å².